The van der Waals surface area contributed by atoms with Crippen molar-refractivity contribution >= 4 is 11.6 Å². The highest BCUT2D eigenvalue weighted by atomic mass is 16.5. The standard InChI is InChI=1S/C18H22N2O2/c1-19(2)16-11-9-15(10-12-16)13-20(3)18(21)14-22-17-7-5-4-6-8-17/h4-12H,13-14H2,1-3H3. The van der Waals surface area contributed by atoms with E-state index in [2.05, 4.69) is 0 Å². The number of nitrogens with zero attached hydrogens (tertiary/aromatic N) is 2. The van der Waals surface area contributed by atoms with Crippen LogP contribution in [0, 0.1) is 0 Å². The van der Waals surface area contributed by atoms with Crippen LogP contribution in [0.4, 0.5) is 5.69 Å². The number of carbonyl (C=O) groups is 1. The Balaban J connectivity index is 1.85. The van der Waals surface area contributed by atoms with Crippen LogP contribution in [0.25, 0.3) is 0 Å². The molecule has 0 aliphatic carbocycles. The Morgan fingerprint density at radius 2 is 1.59 bits per heavy atom. The summed E-state index contributed by atoms with van der Waals surface area (Å²) in [7, 11) is 5.80. The van der Waals surface area contributed by atoms with E-state index in [1.165, 1.54) is 0 Å². The summed E-state index contributed by atoms with van der Waals surface area (Å²) in [5, 5.41) is 0. The average Bonchev–Trinajstić information content (AvgIpc) is 2.54. The number of anilines is 1. The smallest absolute Gasteiger partial charge is 0.260 e. The van der Waals surface area contributed by atoms with E-state index in [0.29, 0.717) is 12.3 Å². The molecule has 0 aromatic heterocycles. The van der Waals surface area contributed by atoms with Crippen molar-refractivity contribution in [3.05, 3.63) is 60.2 Å². The first kappa shape index (κ1) is 15.9. The van der Waals surface area contributed by atoms with Gasteiger partial charge in [-0.1, -0.05) is 30.3 Å². The molecule has 22 heavy (non-hydrogen) atoms. The van der Waals surface area contributed by atoms with E-state index in [0.717, 1.165) is 11.3 Å². The van der Waals surface area contributed by atoms with Crippen molar-refractivity contribution in [1.29, 1.82) is 0 Å². The zero-order chi connectivity index (χ0) is 15.9. The van der Waals surface area contributed by atoms with E-state index in [4.69, 9.17) is 4.74 Å². The molecule has 0 spiro atoms. The van der Waals surface area contributed by atoms with Crippen molar-refractivity contribution in [2.45, 2.75) is 6.54 Å². The highest BCUT2D eigenvalue weighted by Gasteiger charge is 2.10. The van der Waals surface area contributed by atoms with Gasteiger partial charge >= 0.3 is 0 Å². The highest BCUT2D eigenvalue weighted by Crippen LogP contribution is 2.13. The maximum Gasteiger partial charge on any atom is 0.260 e. The van der Waals surface area contributed by atoms with Crippen LogP contribution in [0.3, 0.4) is 0 Å². The van der Waals surface area contributed by atoms with Gasteiger partial charge in [-0.2, -0.15) is 0 Å². The average molecular weight is 298 g/mol. The second kappa shape index (κ2) is 7.50. The van der Waals surface area contributed by atoms with Gasteiger partial charge in [-0.15, -0.1) is 0 Å². The predicted octanol–water partition coefficient (Wildman–Crippen LogP) is 2.79. The molecule has 116 valence electrons. The molecule has 0 saturated carbocycles. The Kier molecular flexibility index (Phi) is 5.42. The second-order valence-electron chi connectivity index (χ2n) is 5.41. The lowest BCUT2D eigenvalue weighted by Gasteiger charge is -2.18. The normalized spacial score (nSPS) is 10.1. The lowest BCUT2D eigenvalue weighted by molar-refractivity contribution is -0.132. The molecule has 0 atom stereocenters. The molecule has 0 bridgehead atoms. The van der Waals surface area contributed by atoms with Gasteiger partial charge in [0.25, 0.3) is 5.91 Å². The summed E-state index contributed by atoms with van der Waals surface area (Å²) in [5.74, 6) is 0.667. The third-order valence-corrected chi connectivity index (χ3v) is 3.40. The summed E-state index contributed by atoms with van der Waals surface area (Å²) >= 11 is 0. The van der Waals surface area contributed by atoms with Crippen molar-refractivity contribution in [3.8, 4) is 5.75 Å². The Hall–Kier alpha value is -2.49. The number of hydrogen-bond acceptors (Lipinski definition) is 3. The number of ether oxygens (including phenoxy) is 1. The fourth-order valence-corrected chi connectivity index (χ4v) is 2.03. The van der Waals surface area contributed by atoms with Crippen LogP contribution >= 0.6 is 0 Å². The molecule has 2 aromatic carbocycles. The Morgan fingerprint density at radius 3 is 2.18 bits per heavy atom. The summed E-state index contributed by atoms with van der Waals surface area (Å²) < 4.78 is 5.48. The molecular weight excluding hydrogens is 276 g/mol. The monoisotopic (exact) mass is 298 g/mol. The van der Waals surface area contributed by atoms with Crippen LogP contribution in [0.5, 0.6) is 5.75 Å². The Labute approximate surface area is 131 Å². The third kappa shape index (κ3) is 4.52. The molecule has 0 saturated heterocycles. The molecule has 2 aromatic rings. The first-order valence-electron chi connectivity index (χ1n) is 7.24. The number of hydrogen-bond donors (Lipinski definition) is 0. The lowest BCUT2D eigenvalue weighted by atomic mass is 10.2. The number of likely N-dealkylation sites (N-methyl/N-ethyl adjacent to an activating group) is 1. The SMILES string of the molecule is CN(Cc1ccc(N(C)C)cc1)C(=O)COc1ccccc1. The lowest BCUT2D eigenvalue weighted by Crippen LogP contribution is -2.30. The number of rotatable bonds is 6. The van der Waals surface area contributed by atoms with Crippen molar-refractivity contribution < 1.29 is 9.53 Å². The van der Waals surface area contributed by atoms with Gasteiger partial charge in [-0.25, -0.2) is 0 Å². The minimum atomic E-state index is -0.0412. The Bertz CT molecular complexity index is 594. The van der Waals surface area contributed by atoms with E-state index >= 15 is 0 Å². The maximum absolute atomic E-state index is 12.1. The summed E-state index contributed by atoms with van der Waals surface area (Å²) in [4.78, 5) is 15.8. The summed E-state index contributed by atoms with van der Waals surface area (Å²) in [5.41, 5.74) is 2.24. The van der Waals surface area contributed by atoms with Gasteiger partial charge in [0.05, 0.1) is 0 Å². The van der Waals surface area contributed by atoms with Gasteiger partial charge in [0, 0.05) is 33.4 Å². The number of benzene rings is 2. The predicted molar refractivity (Wildman–Crippen MR) is 89.2 cm³/mol. The second-order valence-corrected chi connectivity index (χ2v) is 5.41. The van der Waals surface area contributed by atoms with Gasteiger partial charge in [0.1, 0.15) is 5.75 Å². The molecule has 0 heterocycles. The molecule has 0 N–H and O–H groups in total. The topological polar surface area (TPSA) is 32.8 Å². The molecule has 0 aliphatic rings. The molecule has 1 amide bonds. The first-order chi connectivity index (χ1) is 10.6. The largest absolute Gasteiger partial charge is 0.484 e. The van der Waals surface area contributed by atoms with Crippen molar-refractivity contribution in [3.63, 3.8) is 0 Å². The zero-order valence-corrected chi connectivity index (χ0v) is 13.3. The third-order valence-electron chi connectivity index (χ3n) is 3.40. The van der Waals surface area contributed by atoms with Gasteiger partial charge < -0.3 is 14.5 Å². The van der Waals surface area contributed by atoms with Crippen LogP contribution in [-0.2, 0) is 11.3 Å². The van der Waals surface area contributed by atoms with E-state index in [-0.39, 0.29) is 12.5 Å². The van der Waals surface area contributed by atoms with Gasteiger partial charge in [0.15, 0.2) is 6.61 Å². The van der Waals surface area contributed by atoms with E-state index in [1.807, 2.05) is 73.6 Å². The van der Waals surface area contributed by atoms with Gasteiger partial charge in [0.2, 0.25) is 0 Å². The highest BCUT2D eigenvalue weighted by molar-refractivity contribution is 5.77. The fourth-order valence-electron chi connectivity index (χ4n) is 2.03. The zero-order valence-electron chi connectivity index (χ0n) is 13.3. The van der Waals surface area contributed by atoms with E-state index < -0.39 is 0 Å². The number of para-hydroxylation sites is 1. The molecule has 0 aliphatic heterocycles. The van der Waals surface area contributed by atoms with Crippen molar-refractivity contribution in [1.82, 2.24) is 4.90 Å². The van der Waals surface area contributed by atoms with E-state index in [1.54, 1.807) is 11.9 Å². The molecule has 4 nitrogen and oxygen atoms in total. The fraction of sp³-hybridized carbons (Fsp3) is 0.278. The Morgan fingerprint density at radius 1 is 0.955 bits per heavy atom. The molecule has 0 unspecified atom stereocenters. The quantitative estimate of drug-likeness (QED) is 0.822. The van der Waals surface area contributed by atoms with Crippen LogP contribution in [0.1, 0.15) is 5.56 Å². The van der Waals surface area contributed by atoms with Crippen LogP contribution < -0.4 is 9.64 Å². The minimum Gasteiger partial charge on any atom is -0.484 e. The first-order valence-corrected chi connectivity index (χ1v) is 7.24. The van der Waals surface area contributed by atoms with Crippen LogP contribution in [0.15, 0.2) is 54.6 Å². The summed E-state index contributed by atoms with van der Waals surface area (Å²) in [6.07, 6.45) is 0. The minimum absolute atomic E-state index is 0.0412. The number of amides is 1. The van der Waals surface area contributed by atoms with Crippen molar-refractivity contribution in [2.75, 3.05) is 32.6 Å². The summed E-state index contributed by atoms with van der Waals surface area (Å²) in [6.45, 7) is 0.626. The number of carbonyl (C=O) groups excluding carboxylic acids is 1. The van der Waals surface area contributed by atoms with Crippen LogP contribution in [-0.4, -0.2) is 38.6 Å². The van der Waals surface area contributed by atoms with Crippen LogP contribution in [0.2, 0.25) is 0 Å². The molecule has 4 heteroatoms. The van der Waals surface area contributed by atoms with Crippen molar-refractivity contribution in [2.24, 2.45) is 0 Å². The molecule has 0 fully saturated rings. The maximum atomic E-state index is 12.1. The molecule has 0 radical (unpaired) electrons. The van der Waals surface area contributed by atoms with Gasteiger partial charge in [-0.05, 0) is 29.8 Å². The summed E-state index contributed by atoms with van der Waals surface area (Å²) in [6, 6.07) is 17.5. The van der Waals surface area contributed by atoms with E-state index in [9.17, 15) is 4.79 Å². The van der Waals surface area contributed by atoms with Gasteiger partial charge in [-0.3, -0.25) is 4.79 Å². The molecular formula is C18H22N2O2. The molecule has 2 rings (SSSR count).